The van der Waals surface area contributed by atoms with Crippen LogP contribution in [0.3, 0.4) is 0 Å². The van der Waals surface area contributed by atoms with E-state index in [2.05, 4.69) is 30.7 Å². The second-order valence-electron chi connectivity index (χ2n) is 9.38. The quantitative estimate of drug-likeness (QED) is 0.164. The first-order valence-corrected chi connectivity index (χ1v) is 15.2. The van der Waals surface area contributed by atoms with Crippen LogP contribution in [0.15, 0.2) is 76.1 Å². The van der Waals surface area contributed by atoms with E-state index in [4.69, 9.17) is 4.74 Å². The summed E-state index contributed by atoms with van der Waals surface area (Å²) in [6.07, 6.45) is 0.807. The van der Waals surface area contributed by atoms with Crippen LogP contribution in [0.1, 0.15) is 41.3 Å². The van der Waals surface area contributed by atoms with Gasteiger partial charge < -0.3 is 19.9 Å². The number of aromatic hydroxyl groups is 1. The number of phenolic OH excluding ortho intramolecular Hbond substituents is 1. The predicted octanol–water partition coefficient (Wildman–Crippen LogP) is 4.92. The van der Waals surface area contributed by atoms with Crippen LogP contribution < -0.4 is 14.8 Å². The van der Waals surface area contributed by atoms with Gasteiger partial charge in [-0.1, -0.05) is 52.3 Å². The first-order valence-electron chi connectivity index (χ1n) is 12.9. The Hall–Kier alpha value is -3.55. The fraction of sp³-hybridized carbons (Fsp3) is 0.310. The van der Waals surface area contributed by atoms with Gasteiger partial charge in [0, 0.05) is 23.5 Å². The van der Waals surface area contributed by atoms with Crippen LogP contribution in [0.5, 0.6) is 11.5 Å². The van der Waals surface area contributed by atoms with Gasteiger partial charge in [-0.15, -0.1) is 0 Å². The second-order valence-corrected chi connectivity index (χ2v) is 12.0. The lowest BCUT2D eigenvalue weighted by molar-refractivity contribution is -0.122. The molecule has 0 saturated carbocycles. The second kappa shape index (κ2) is 14.6. The van der Waals surface area contributed by atoms with E-state index in [1.807, 2.05) is 0 Å². The zero-order valence-corrected chi connectivity index (χ0v) is 25.3. The number of hydrogen-bond donors (Lipinski definition) is 3. The van der Waals surface area contributed by atoms with Crippen molar-refractivity contribution in [1.29, 1.82) is 0 Å². The van der Waals surface area contributed by atoms with Gasteiger partial charge in [0.25, 0.3) is 5.92 Å². The Kier molecular flexibility index (Phi) is 11.4. The van der Waals surface area contributed by atoms with Gasteiger partial charge in [-0.2, -0.15) is 4.72 Å². The van der Waals surface area contributed by atoms with Crippen molar-refractivity contribution in [3.63, 3.8) is 0 Å². The molecule has 0 aliphatic rings. The Labute approximate surface area is 251 Å². The van der Waals surface area contributed by atoms with Crippen molar-refractivity contribution >= 4 is 37.8 Å². The van der Waals surface area contributed by atoms with Gasteiger partial charge >= 0.3 is 5.97 Å². The Balaban J connectivity index is 1.65. The van der Waals surface area contributed by atoms with Crippen molar-refractivity contribution in [2.45, 2.75) is 43.0 Å². The summed E-state index contributed by atoms with van der Waals surface area (Å²) < 4.78 is 66.5. The number of sulfonamides is 1. The molecule has 0 radical (unpaired) electrons. The Morgan fingerprint density at radius 1 is 1.05 bits per heavy atom. The maximum Gasteiger partial charge on any atom is 0.345 e. The molecule has 0 aliphatic heterocycles. The van der Waals surface area contributed by atoms with Crippen LogP contribution in [0, 0.1) is 0 Å². The molecule has 13 heteroatoms. The highest BCUT2D eigenvalue weighted by Gasteiger charge is 2.29. The first kappa shape index (κ1) is 33.0. The van der Waals surface area contributed by atoms with E-state index in [0.717, 1.165) is 6.92 Å². The van der Waals surface area contributed by atoms with Crippen molar-refractivity contribution in [2.75, 3.05) is 20.3 Å². The molecule has 1 amide bonds. The molecular weight excluding hydrogens is 638 g/mol. The summed E-state index contributed by atoms with van der Waals surface area (Å²) in [6, 6.07) is 14.8. The van der Waals surface area contributed by atoms with Crippen LogP contribution in [-0.4, -0.2) is 51.7 Å². The molecule has 9 nitrogen and oxygen atoms in total. The molecule has 42 heavy (non-hydrogen) atoms. The van der Waals surface area contributed by atoms with Crippen molar-refractivity contribution in [2.24, 2.45) is 0 Å². The van der Waals surface area contributed by atoms with Crippen molar-refractivity contribution in [3.05, 3.63) is 87.9 Å². The monoisotopic (exact) mass is 668 g/mol. The van der Waals surface area contributed by atoms with Crippen molar-refractivity contribution < 1.29 is 41.4 Å². The molecule has 3 rings (SSSR count). The van der Waals surface area contributed by atoms with Crippen molar-refractivity contribution in [1.82, 2.24) is 10.0 Å². The number of carbonyl (C=O) groups is 2. The van der Waals surface area contributed by atoms with E-state index in [1.54, 1.807) is 18.2 Å². The number of amides is 1. The number of unbranched alkanes of at least 4 members (excludes halogenated alkanes) is 1. The molecule has 0 aliphatic carbocycles. The maximum atomic E-state index is 13.8. The third-order valence-electron chi connectivity index (χ3n) is 6.14. The first-order chi connectivity index (χ1) is 19.8. The van der Waals surface area contributed by atoms with Crippen LogP contribution in [0.2, 0.25) is 0 Å². The van der Waals surface area contributed by atoms with Gasteiger partial charge in [0.15, 0.2) is 0 Å². The molecule has 1 unspecified atom stereocenters. The average Bonchev–Trinajstić information content (AvgIpc) is 2.93. The van der Waals surface area contributed by atoms with E-state index in [0.29, 0.717) is 18.4 Å². The molecule has 1 atom stereocenters. The van der Waals surface area contributed by atoms with Crippen LogP contribution in [0.25, 0.3) is 0 Å². The van der Waals surface area contributed by atoms with Crippen molar-refractivity contribution in [3.8, 4) is 11.5 Å². The SMILES string of the molecule is COC(=O)c1c(O)cccc1OCCCCNC(=O)C(Cc1ccc(C(C)(F)F)c(Br)c1)NS(=O)(=O)c1ccccc1. The standard InChI is InChI=1S/C29H31BrF2N2O7S/c1-29(31,32)21-14-13-19(17-22(21)30)18-23(34-42(38,39)20-9-4-3-5-10-20)27(36)33-15-6-7-16-41-25-12-8-11-24(35)26(25)28(37)40-2/h3-5,8-14,17,23,34-35H,6-7,15-16,18H2,1-2H3,(H,33,36). The molecule has 3 N–H and O–H groups in total. The van der Waals surface area contributed by atoms with E-state index >= 15 is 0 Å². The fourth-order valence-electron chi connectivity index (χ4n) is 4.01. The molecular formula is C29H31BrF2N2O7S. The summed E-state index contributed by atoms with van der Waals surface area (Å²) in [5.74, 6) is -4.56. The van der Waals surface area contributed by atoms with Gasteiger partial charge in [0.05, 0.1) is 18.6 Å². The lowest BCUT2D eigenvalue weighted by Gasteiger charge is -2.20. The molecule has 0 spiro atoms. The molecule has 3 aromatic carbocycles. The number of ether oxygens (including phenoxy) is 2. The Morgan fingerprint density at radius 3 is 2.40 bits per heavy atom. The van der Waals surface area contributed by atoms with Gasteiger partial charge in [0.2, 0.25) is 15.9 Å². The van der Waals surface area contributed by atoms with Gasteiger partial charge in [0.1, 0.15) is 23.1 Å². The summed E-state index contributed by atoms with van der Waals surface area (Å²) in [5, 5.41) is 12.7. The van der Waals surface area contributed by atoms with Gasteiger partial charge in [-0.05, 0) is 55.2 Å². The minimum atomic E-state index is -4.07. The highest BCUT2D eigenvalue weighted by Crippen LogP contribution is 2.34. The molecule has 0 aromatic heterocycles. The molecule has 3 aromatic rings. The zero-order chi connectivity index (χ0) is 30.9. The summed E-state index contributed by atoms with van der Waals surface area (Å²) in [4.78, 5) is 25.0. The predicted molar refractivity (Wildman–Crippen MR) is 155 cm³/mol. The molecule has 226 valence electrons. The van der Waals surface area contributed by atoms with E-state index in [1.165, 1.54) is 55.6 Å². The number of halogens is 3. The number of benzene rings is 3. The maximum absolute atomic E-state index is 13.8. The Morgan fingerprint density at radius 2 is 1.76 bits per heavy atom. The largest absolute Gasteiger partial charge is 0.507 e. The number of alkyl halides is 2. The Bertz CT molecular complexity index is 1500. The smallest absolute Gasteiger partial charge is 0.345 e. The molecule has 0 fully saturated rings. The van der Waals surface area contributed by atoms with Crippen LogP contribution in [0.4, 0.5) is 8.78 Å². The lowest BCUT2D eigenvalue weighted by atomic mass is 10.0. The molecule has 0 bridgehead atoms. The number of methoxy groups -OCH3 is 1. The molecule has 0 saturated heterocycles. The molecule has 0 heterocycles. The number of nitrogens with one attached hydrogen (secondary N) is 2. The van der Waals surface area contributed by atoms with E-state index in [9.17, 15) is 31.9 Å². The average molecular weight is 670 g/mol. The highest BCUT2D eigenvalue weighted by atomic mass is 79.9. The summed E-state index contributed by atoms with van der Waals surface area (Å²) >= 11 is 3.14. The van der Waals surface area contributed by atoms with Gasteiger partial charge in [-0.25, -0.2) is 22.0 Å². The fourth-order valence-corrected chi connectivity index (χ4v) is 6.00. The van der Waals surface area contributed by atoms with Crippen LogP contribution in [-0.2, 0) is 31.9 Å². The summed E-state index contributed by atoms with van der Waals surface area (Å²) in [7, 11) is -2.89. The minimum Gasteiger partial charge on any atom is -0.507 e. The van der Waals surface area contributed by atoms with Gasteiger partial charge in [-0.3, -0.25) is 4.79 Å². The minimum absolute atomic E-state index is 0.0274. The van der Waals surface area contributed by atoms with E-state index in [-0.39, 0.29) is 51.6 Å². The third-order valence-corrected chi connectivity index (χ3v) is 8.28. The topological polar surface area (TPSA) is 131 Å². The lowest BCUT2D eigenvalue weighted by Crippen LogP contribution is -2.48. The van der Waals surface area contributed by atoms with E-state index < -0.39 is 33.9 Å². The third kappa shape index (κ3) is 8.97. The highest BCUT2D eigenvalue weighted by molar-refractivity contribution is 9.10. The number of hydrogen-bond acceptors (Lipinski definition) is 7. The number of rotatable bonds is 14. The van der Waals surface area contributed by atoms with Crippen LogP contribution >= 0.6 is 15.9 Å². The number of carbonyl (C=O) groups excluding carboxylic acids is 2. The summed E-state index contributed by atoms with van der Waals surface area (Å²) in [6.45, 7) is 1.11. The number of esters is 1. The zero-order valence-electron chi connectivity index (χ0n) is 22.9. The normalized spacial score (nSPS) is 12.4. The summed E-state index contributed by atoms with van der Waals surface area (Å²) in [5.41, 5.74) is 0.139. The number of phenols is 1.